The standard InChI is InChI=1S/2C20H23ClN2OS/c2*1-14-7-4-5-8-15(14)17-12-23(20(24)9-6-10-22(2)3)13-18-16(17)11-19(21)25-18/h2*4-9,11,17H,10,12-13H2,1-3H3/b2*9-6+/t2*17-/m10/s1. The Bertz CT molecular complexity index is 1730. The molecule has 10 heteroatoms. The van der Waals surface area contributed by atoms with Gasteiger partial charge in [0.05, 0.1) is 21.8 Å². The molecule has 2 aromatic carbocycles. The average molecular weight is 750 g/mol. The summed E-state index contributed by atoms with van der Waals surface area (Å²) in [6.07, 6.45) is 7.22. The van der Waals surface area contributed by atoms with Crippen molar-refractivity contribution in [2.24, 2.45) is 0 Å². The molecule has 2 aliphatic rings. The van der Waals surface area contributed by atoms with Gasteiger partial charge in [-0.3, -0.25) is 9.59 Å². The predicted molar refractivity (Wildman–Crippen MR) is 211 cm³/mol. The number of nitrogens with zero attached hydrogens (tertiary/aromatic N) is 4. The van der Waals surface area contributed by atoms with Gasteiger partial charge >= 0.3 is 0 Å². The van der Waals surface area contributed by atoms with Crippen molar-refractivity contribution in [3.63, 3.8) is 0 Å². The quantitative estimate of drug-likeness (QED) is 0.170. The van der Waals surface area contributed by atoms with Crippen molar-refractivity contribution in [3.05, 3.63) is 137 Å². The van der Waals surface area contributed by atoms with Crippen LogP contribution in [0.25, 0.3) is 0 Å². The summed E-state index contributed by atoms with van der Waals surface area (Å²) in [6, 6.07) is 20.9. The zero-order valence-electron chi connectivity index (χ0n) is 29.7. The number of hydrogen-bond acceptors (Lipinski definition) is 6. The molecule has 0 aliphatic carbocycles. The molecule has 50 heavy (non-hydrogen) atoms. The van der Waals surface area contributed by atoms with E-state index in [9.17, 15) is 9.59 Å². The third kappa shape index (κ3) is 9.55. The Labute approximate surface area is 315 Å². The van der Waals surface area contributed by atoms with Gasteiger partial charge in [0, 0.05) is 59.9 Å². The van der Waals surface area contributed by atoms with Crippen LogP contribution in [-0.2, 0) is 22.7 Å². The first-order chi connectivity index (χ1) is 23.9. The molecule has 264 valence electrons. The van der Waals surface area contributed by atoms with Crippen LogP contribution in [0, 0.1) is 13.8 Å². The number of hydrogen-bond donors (Lipinski definition) is 0. The van der Waals surface area contributed by atoms with Crippen LogP contribution in [0.5, 0.6) is 0 Å². The third-order valence-corrected chi connectivity index (χ3v) is 11.6. The van der Waals surface area contributed by atoms with Crippen molar-refractivity contribution < 1.29 is 9.59 Å². The number of aryl methyl sites for hydroxylation is 2. The molecule has 4 heterocycles. The largest absolute Gasteiger partial charge is 0.333 e. The molecule has 2 aliphatic heterocycles. The van der Waals surface area contributed by atoms with Crippen LogP contribution in [0.4, 0.5) is 0 Å². The van der Waals surface area contributed by atoms with Crippen LogP contribution in [-0.4, -0.2) is 85.8 Å². The highest BCUT2D eigenvalue weighted by Crippen LogP contribution is 2.42. The van der Waals surface area contributed by atoms with E-state index < -0.39 is 0 Å². The van der Waals surface area contributed by atoms with Crippen molar-refractivity contribution in [2.45, 2.75) is 38.8 Å². The molecule has 0 radical (unpaired) electrons. The highest BCUT2D eigenvalue weighted by atomic mass is 35.5. The van der Waals surface area contributed by atoms with Gasteiger partial charge in [-0.05, 0) is 87.6 Å². The summed E-state index contributed by atoms with van der Waals surface area (Å²) in [5, 5.41) is 0. The monoisotopic (exact) mass is 748 g/mol. The van der Waals surface area contributed by atoms with E-state index in [-0.39, 0.29) is 23.7 Å². The average Bonchev–Trinajstić information content (AvgIpc) is 3.65. The molecule has 0 N–H and O–H groups in total. The summed E-state index contributed by atoms with van der Waals surface area (Å²) < 4.78 is 1.59. The van der Waals surface area contributed by atoms with Crippen LogP contribution < -0.4 is 0 Å². The van der Waals surface area contributed by atoms with Gasteiger partial charge in [-0.15, -0.1) is 22.7 Å². The van der Waals surface area contributed by atoms with Crippen LogP contribution in [0.2, 0.25) is 8.67 Å². The number of likely N-dealkylation sites (N-methyl/N-ethyl adjacent to an activating group) is 2. The Morgan fingerprint density at radius 2 is 1.06 bits per heavy atom. The SMILES string of the molecule is Cc1ccccc1[C@@H]1CN(C(=O)/C=C/CN(C)C)Cc2sc(Cl)cc21.Cc1ccccc1[C@H]1CN(C(=O)/C=C/CN(C)C)Cc2sc(Cl)cc21. The van der Waals surface area contributed by atoms with Crippen molar-refractivity contribution >= 4 is 57.7 Å². The van der Waals surface area contributed by atoms with Crippen molar-refractivity contribution in [3.8, 4) is 0 Å². The van der Waals surface area contributed by atoms with E-state index in [4.69, 9.17) is 23.2 Å². The van der Waals surface area contributed by atoms with E-state index in [1.54, 1.807) is 34.8 Å². The van der Waals surface area contributed by atoms with Crippen LogP contribution in [0.3, 0.4) is 0 Å². The Hall–Kier alpha value is -3.24. The molecule has 4 aromatic rings. The number of amides is 2. The molecule has 0 bridgehead atoms. The fraction of sp³-hybridized carbons (Fsp3) is 0.350. The Morgan fingerprint density at radius 1 is 0.680 bits per heavy atom. The van der Waals surface area contributed by atoms with Gasteiger partial charge < -0.3 is 19.6 Å². The lowest BCUT2D eigenvalue weighted by Crippen LogP contribution is -2.37. The molecule has 0 unspecified atom stereocenters. The maximum atomic E-state index is 12.7. The van der Waals surface area contributed by atoms with Gasteiger partial charge in [-0.1, -0.05) is 83.9 Å². The summed E-state index contributed by atoms with van der Waals surface area (Å²) in [5.74, 6) is 0.492. The first-order valence-corrected chi connectivity index (χ1v) is 19.2. The second-order valence-electron chi connectivity index (χ2n) is 13.4. The summed E-state index contributed by atoms with van der Waals surface area (Å²) in [7, 11) is 7.96. The lowest BCUT2D eigenvalue weighted by molar-refractivity contribution is -0.127. The van der Waals surface area contributed by atoms with E-state index in [0.717, 1.165) is 21.8 Å². The van der Waals surface area contributed by atoms with Crippen LogP contribution >= 0.6 is 45.9 Å². The fourth-order valence-electron chi connectivity index (χ4n) is 6.53. The minimum atomic E-state index is 0.0654. The van der Waals surface area contributed by atoms with E-state index >= 15 is 0 Å². The van der Waals surface area contributed by atoms with Gasteiger partial charge in [0.15, 0.2) is 0 Å². The Kier molecular flexibility index (Phi) is 13.2. The predicted octanol–water partition coefficient (Wildman–Crippen LogP) is 8.60. The van der Waals surface area contributed by atoms with Crippen LogP contribution in [0.1, 0.15) is 55.0 Å². The zero-order chi connectivity index (χ0) is 35.9. The molecule has 2 amide bonds. The number of carbonyl (C=O) groups excluding carboxylic acids is 2. The van der Waals surface area contributed by atoms with Gasteiger partial charge in [-0.2, -0.15) is 0 Å². The number of carbonyl (C=O) groups is 2. The molecule has 0 fully saturated rings. The molecular formula is C40H46Cl2N4O2S2. The lowest BCUT2D eigenvalue weighted by atomic mass is 9.86. The summed E-state index contributed by atoms with van der Waals surface area (Å²) in [6.45, 7) is 8.43. The Balaban J connectivity index is 0.000000194. The Morgan fingerprint density at radius 3 is 1.42 bits per heavy atom. The topological polar surface area (TPSA) is 47.1 Å². The van der Waals surface area contributed by atoms with Crippen molar-refractivity contribution in [1.82, 2.24) is 19.6 Å². The maximum absolute atomic E-state index is 12.7. The van der Waals surface area contributed by atoms with E-state index in [2.05, 4.69) is 74.5 Å². The zero-order valence-corrected chi connectivity index (χ0v) is 32.8. The highest BCUT2D eigenvalue weighted by molar-refractivity contribution is 7.16. The van der Waals surface area contributed by atoms with Crippen LogP contribution in [0.15, 0.2) is 85.0 Å². The first kappa shape index (κ1) is 38.0. The number of halogens is 2. The van der Waals surface area contributed by atoms with E-state index in [1.807, 2.05) is 59.9 Å². The van der Waals surface area contributed by atoms with Crippen molar-refractivity contribution in [1.29, 1.82) is 0 Å². The van der Waals surface area contributed by atoms with E-state index in [1.165, 1.54) is 43.1 Å². The van der Waals surface area contributed by atoms with Gasteiger partial charge in [0.2, 0.25) is 11.8 Å². The number of fused-ring (bicyclic) bond motifs is 2. The highest BCUT2D eigenvalue weighted by Gasteiger charge is 2.32. The summed E-state index contributed by atoms with van der Waals surface area (Å²) >= 11 is 15.7. The first-order valence-electron chi connectivity index (χ1n) is 16.8. The molecule has 0 saturated carbocycles. The summed E-state index contributed by atoms with van der Waals surface area (Å²) in [4.78, 5) is 35.6. The van der Waals surface area contributed by atoms with Crippen molar-refractivity contribution in [2.75, 3.05) is 54.4 Å². The number of benzene rings is 2. The molecular weight excluding hydrogens is 704 g/mol. The number of rotatable bonds is 8. The lowest BCUT2D eigenvalue weighted by Gasteiger charge is -2.33. The van der Waals surface area contributed by atoms with Gasteiger partial charge in [0.25, 0.3) is 0 Å². The van der Waals surface area contributed by atoms with E-state index in [0.29, 0.717) is 26.2 Å². The summed E-state index contributed by atoms with van der Waals surface area (Å²) in [5.41, 5.74) is 7.58. The smallest absolute Gasteiger partial charge is 0.246 e. The fourth-order valence-corrected chi connectivity index (χ4v) is 9.25. The second kappa shape index (κ2) is 17.3. The molecule has 0 spiro atoms. The van der Waals surface area contributed by atoms with Gasteiger partial charge in [-0.25, -0.2) is 0 Å². The minimum Gasteiger partial charge on any atom is -0.333 e. The molecule has 0 saturated heterocycles. The number of thiophene rings is 2. The van der Waals surface area contributed by atoms with Gasteiger partial charge in [0.1, 0.15) is 0 Å². The molecule has 2 atom stereocenters. The molecule has 6 rings (SSSR count). The maximum Gasteiger partial charge on any atom is 0.246 e. The third-order valence-electron chi connectivity index (χ3n) is 9.06. The second-order valence-corrected chi connectivity index (χ2v) is 17.0. The molecule has 2 aromatic heterocycles. The minimum absolute atomic E-state index is 0.0654. The normalized spacial score (nSPS) is 17.3. The molecule has 6 nitrogen and oxygen atoms in total.